The number of hydrogen-bond donors (Lipinski definition) is 2. The van der Waals surface area contributed by atoms with E-state index in [0.29, 0.717) is 0 Å². The van der Waals surface area contributed by atoms with Crippen LogP contribution < -0.4 is 4.65 Å². The van der Waals surface area contributed by atoms with E-state index in [4.69, 9.17) is 10.0 Å². The molecule has 1 aromatic rings. The minimum absolute atomic E-state index is 0.170. The Kier molecular flexibility index (Phi) is 3.30. The quantitative estimate of drug-likeness (QED) is 0.622. The fraction of sp³-hybridized carbons (Fsp3) is 0. The van der Waals surface area contributed by atoms with Gasteiger partial charge in [-0.3, -0.25) is 0 Å². The average molecular weight is 282 g/mol. The van der Waals surface area contributed by atoms with Crippen LogP contribution in [0.4, 0.5) is 4.39 Å². The van der Waals surface area contributed by atoms with Gasteiger partial charge in [-0.2, -0.15) is 0 Å². The predicted molar refractivity (Wildman–Crippen MR) is 49.9 cm³/mol. The Bertz CT molecular complexity index is 281. The SMILES string of the molecule is OB(O)Oc1cc(I)ccc1F. The van der Waals surface area contributed by atoms with Gasteiger partial charge in [-0.15, -0.1) is 0 Å². The first kappa shape index (κ1) is 9.75. The van der Waals surface area contributed by atoms with Gasteiger partial charge in [0.2, 0.25) is 0 Å². The van der Waals surface area contributed by atoms with Crippen molar-refractivity contribution in [1.82, 2.24) is 0 Å². The number of hydrogen-bond acceptors (Lipinski definition) is 3. The molecule has 12 heavy (non-hydrogen) atoms. The van der Waals surface area contributed by atoms with E-state index in [1.54, 1.807) is 6.07 Å². The Morgan fingerprint density at radius 2 is 2.08 bits per heavy atom. The fourth-order valence-corrected chi connectivity index (χ4v) is 1.14. The third kappa shape index (κ3) is 2.61. The van der Waals surface area contributed by atoms with Gasteiger partial charge in [-0.05, 0) is 40.8 Å². The molecule has 0 radical (unpaired) electrons. The van der Waals surface area contributed by atoms with Crippen LogP contribution >= 0.6 is 22.6 Å². The van der Waals surface area contributed by atoms with E-state index in [0.717, 1.165) is 3.57 Å². The lowest BCUT2D eigenvalue weighted by Gasteiger charge is -2.05. The van der Waals surface area contributed by atoms with Crippen LogP contribution in [0.25, 0.3) is 0 Å². The zero-order chi connectivity index (χ0) is 9.14. The summed E-state index contributed by atoms with van der Waals surface area (Å²) >= 11 is 1.96. The molecule has 1 aromatic carbocycles. The Balaban J connectivity index is 2.90. The van der Waals surface area contributed by atoms with Crippen LogP contribution in [-0.4, -0.2) is 17.4 Å². The monoisotopic (exact) mass is 282 g/mol. The first-order valence-corrected chi connectivity index (χ1v) is 4.15. The van der Waals surface area contributed by atoms with Gasteiger partial charge in [0.1, 0.15) is 5.75 Å². The van der Waals surface area contributed by atoms with Crippen molar-refractivity contribution < 1.29 is 19.1 Å². The molecule has 0 saturated heterocycles. The van der Waals surface area contributed by atoms with Crippen LogP contribution in [0.3, 0.4) is 0 Å². The van der Waals surface area contributed by atoms with Gasteiger partial charge in [-0.25, -0.2) is 4.39 Å². The summed E-state index contributed by atoms with van der Waals surface area (Å²) in [6, 6.07) is 4.11. The fourth-order valence-electron chi connectivity index (χ4n) is 0.681. The van der Waals surface area contributed by atoms with Crippen molar-refractivity contribution in [2.45, 2.75) is 0 Å². The molecule has 6 heteroatoms. The Morgan fingerprint density at radius 3 is 2.67 bits per heavy atom. The lowest BCUT2D eigenvalue weighted by atomic mass is 10.2. The number of benzene rings is 1. The normalized spacial score (nSPS) is 9.67. The molecule has 0 unspecified atom stereocenters. The van der Waals surface area contributed by atoms with E-state index in [1.807, 2.05) is 22.6 Å². The van der Waals surface area contributed by atoms with Crippen molar-refractivity contribution >= 4 is 29.9 Å². The summed E-state index contributed by atoms with van der Waals surface area (Å²) in [5.41, 5.74) is 0. The molecule has 2 N–H and O–H groups in total. The highest BCUT2D eigenvalue weighted by Crippen LogP contribution is 2.19. The summed E-state index contributed by atoms with van der Waals surface area (Å²) in [7, 11) is -1.99. The molecule has 64 valence electrons. The highest BCUT2D eigenvalue weighted by atomic mass is 127. The largest absolute Gasteiger partial charge is 0.707 e. The maximum absolute atomic E-state index is 12.8. The molecule has 0 fully saturated rings. The van der Waals surface area contributed by atoms with Gasteiger partial charge in [0, 0.05) is 3.57 Å². The van der Waals surface area contributed by atoms with Crippen molar-refractivity contribution in [3.05, 3.63) is 27.6 Å². The maximum atomic E-state index is 12.8. The van der Waals surface area contributed by atoms with Gasteiger partial charge in [0.05, 0.1) is 0 Å². The molecule has 0 aliphatic rings. The van der Waals surface area contributed by atoms with E-state index >= 15 is 0 Å². The third-order valence-electron chi connectivity index (χ3n) is 1.13. The molecule has 0 aliphatic heterocycles. The van der Waals surface area contributed by atoms with Crippen molar-refractivity contribution in [2.75, 3.05) is 0 Å². The minimum Gasteiger partial charge on any atom is -0.510 e. The maximum Gasteiger partial charge on any atom is 0.707 e. The first-order chi connectivity index (χ1) is 5.59. The number of rotatable bonds is 2. The highest BCUT2D eigenvalue weighted by molar-refractivity contribution is 14.1. The van der Waals surface area contributed by atoms with Gasteiger partial charge in [0.15, 0.2) is 5.82 Å². The first-order valence-electron chi connectivity index (χ1n) is 3.07. The van der Waals surface area contributed by atoms with Crippen molar-refractivity contribution in [2.24, 2.45) is 0 Å². The zero-order valence-electron chi connectivity index (χ0n) is 5.87. The van der Waals surface area contributed by atoms with Crippen molar-refractivity contribution in [3.63, 3.8) is 0 Å². The summed E-state index contributed by atoms with van der Waals surface area (Å²) in [6.45, 7) is 0. The molecule has 0 saturated carbocycles. The Labute approximate surface area is 82.5 Å². The van der Waals surface area contributed by atoms with E-state index < -0.39 is 13.1 Å². The molecule has 3 nitrogen and oxygen atoms in total. The van der Waals surface area contributed by atoms with Gasteiger partial charge < -0.3 is 14.7 Å². The van der Waals surface area contributed by atoms with Crippen LogP contribution in [0.15, 0.2) is 18.2 Å². The Morgan fingerprint density at radius 1 is 1.42 bits per heavy atom. The molecule has 0 bridgehead atoms. The summed E-state index contributed by atoms with van der Waals surface area (Å²) in [5.74, 6) is -0.791. The van der Waals surface area contributed by atoms with Crippen LogP contribution in [-0.2, 0) is 0 Å². The lowest BCUT2D eigenvalue weighted by Crippen LogP contribution is -2.21. The van der Waals surface area contributed by atoms with Crippen LogP contribution in [0.5, 0.6) is 5.75 Å². The van der Waals surface area contributed by atoms with E-state index in [9.17, 15) is 4.39 Å². The zero-order valence-corrected chi connectivity index (χ0v) is 8.03. The topological polar surface area (TPSA) is 49.7 Å². The number of halogens is 2. The summed E-state index contributed by atoms with van der Waals surface area (Å²) < 4.78 is 17.9. The van der Waals surface area contributed by atoms with E-state index in [1.165, 1.54) is 12.1 Å². The summed E-state index contributed by atoms with van der Waals surface area (Å²) in [6.07, 6.45) is 0. The van der Waals surface area contributed by atoms with Gasteiger partial charge in [-0.1, -0.05) is 0 Å². The molecule has 0 aromatic heterocycles. The summed E-state index contributed by atoms with van der Waals surface area (Å²) in [4.78, 5) is 0. The van der Waals surface area contributed by atoms with Crippen LogP contribution in [0.1, 0.15) is 0 Å². The second kappa shape index (κ2) is 4.06. The predicted octanol–water partition coefficient (Wildman–Crippen LogP) is 0.779. The molecular formula is C6H5BFIO3. The molecular weight excluding hydrogens is 277 g/mol. The third-order valence-corrected chi connectivity index (χ3v) is 1.80. The molecule has 0 aliphatic carbocycles. The molecule has 0 amide bonds. The lowest BCUT2D eigenvalue weighted by molar-refractivity contribution is 0.281. The second-order valence-corrected chi connectivity index (χ2v) is 3.26. The van der Waals surface area contributed by atoms with Gasteiger partial charge in [0.25, 0.3) is 0 Å². The molecule has 1 rings (SSSR count). The standard InChI is InChI=1S/C6H5BFIO3/c8-5-2-1-4(9)3-6(5)12-7(10)11/h1-3,10-11H. The van der Waals surface area contributed by atoms with Gasteiger partial charge >= 0.3 is 7.32 Å². The van der Waals surface area contributed by atoms with E-state index in [-0.39, 0.29) is 5.75 Å². The van der Waals surface area contributed by atoms with Crippen molar-refractivity contribution in [1.29, 1.82) is 0 Å². The summed E-state index contributed by atoms with van der Waals surface area (Å²) in [5, 5.41) is 16.8. The van der Waals surface area contributed by atoms with E-state index in [2.05, 4.69) is 4.65 Å². The molecule has 0 atom stereocenters. The molecule has 0 spiro atoms. The minimum atomic E-state index is -1.99. The molecule has 0 heterocycles. The average Bonchev–Trinajstić information content (AvgIpc) is 1.96. The smallest absolute Gasteiger partial charge is 0.510 e. The Hall–Kier alpha value is -0.335. The van der Waals surface area contributed by atoms with Crippen LogP contribution in [0.2, 0.25) is 0 Å². The second-order valence-electron chi connectivity index (χ2n) is 2.02. The van der Waals surface area contributed by atoms with Crippen molar-refractivity contribution in [3.8, 4) is 5.75 Å². The highest BCUT2D eigenvalue weighted by Gasteiger charge is 2.14. The van der Waals surface area contributed by atoms with Crippen LogP contribution in [0, 0.1) is 9.39 Å².